The van der Waals surface area contributed by atoms with Crippen molar-refractivity contribution in [2.24, 2.45) is 0 Å². The van der Waals surface area contributed by atoms with E-state index in [9.17, 15) is 4.79 Å². The first-order valence-corrected chi connectivity index (χ1v) is 10.3. The minimum absolute atomic E-state index is 0.0366. The van der Waals surface area contributed by atoms with Gasteiger partial charge in [-0.3, -0.25) is 4.90 Å². The Hall–Kier alpha value is -2.86. The summed E-state index contributed by atoms with van der Waals surface area (Å²) in [4.78, 5) is 19.2. The number of nitrogens with zero attached hydrogens (tertiary/aromatic N) is 2. The third-order valence-corrected chi connectivity index (χ3v) is 6.50. The van der Waals surface area contributed by atoms with Gasteiger partial charge in [0.1, 0.15) is 5.76 Å². The molecule has 1 aromatic carbocycles. The number of benzene rings is 1. The number of ether oxygens (including phenoxy) is 3. The molecule has 0 bridgehead atoms. The molecule has 0 spiro atoms. The van der Waals surface area contributed by atoms with Crippen molar-refractivity contribution in [3.63, 3.8) is 0 Å². The Kier molecular flexibility index (Phi) is 5.52. The first kappa shape index (κ1) is 20.4. The van der Waals surface area contributed by atoms with E-state index in [1.807, 2.05) is 25.1 Å². The number of hydrogen-bond donors (Lipinski definition) is 0. The zero-order valence-corrected chi connectivity index (χ0v) is 18.0. The average Bonchev–Trinajstić information content (AvgIpc) is 3.10. The first-order valence-electron chi connectivity index (χ1n) is 10.3. The molecule has 4 rings (SSSR count). The summed E-state index contributed by atoms with van der Waals surface area (Å²) in [6, 6.07) is 10.0. The number of carbonyl (C=O) groups excluding carboxylic acids is 1. The normalized spacial score (nSPS) is 23.5. The Morgan fingerprint density at radius 2 is 1.97 bits per heavy atom. The highest BCUT2D eigenvalue weighted by Crippen LogP contribution is 2.49. The lowest BCUT2D eigenvalue weighted by molar-refractivity contribution is 0.0585. The van der Waals surface area contributed by atoms with E-state index in [1.54, 1.807) is 20.4 Å². The number of hydrogen-bond acceptors (Lipinski definition) is 6. The summed E-state index contributed by atoms with van der Waals surface area (Å²) < 4.78 is 16.7. The van der Waals surface area contributed by atoms with E-state index in [1.165, 1.54) is 5.56 Å². The molecule has 1 aromatic heterocycles. The van der Waals surface area contributed by atoms with Crippen LogP contribution in [0.1, 0.15) is 40.9 Å². The van der Waals surface area contributed by atoms with Crippen LogP contribution in [0.15, 0.2) is 48.4 Å². The van der Waals surface area contributed by atoms with E-state index in [2.05, 4.69) is 35.1 Å². The van der Waals surface area contributed by atoms with Crippen molar-refractivity contribution in [2.75, 3.05) is 27.8 Å². The Morgan fingerprint density at radius 1 is 1.17 bits per heavy atom. The van der Waals surface area contributed by atoms with E-state index in [0.717, 1.165) is 42.2 Å². The van der Waals surface area contributed by atoms with Crippen molar-refractivity contribution in [1.82, 2.24) is 9.88 Å². The Bertz CT molecular complexity index is 987. The highest BCUT2D eigenvalue weighted by molar-refractivity contribution is 5.89. The molecule has 0 N–H and O–H groups in total. The van der Waals surface area contributed by atoms with Crippen molar-refractivity contribution in [2.45, 2.75) is 37.6 Å². The van der Waals surface area contributed by atoms with Gasteiger partial charge in [-0.2, -0.15) is 0 Å². The molecule has 2 aromatic rings. The van der Waals surface area contributed by atoms with Crippen LogP contribution in [-0.4, -0.2) is 49.7 Å². The molecule has 6 heteroatoms. The van der Waals surface area contributed by atoms with E-state index >= 15 is 0 Å². The van der Waals surface area contributed by atoms with Gasteiger partial charge < -0.3 is 14.2 Å². The SMILES string of the molecule is COc1ccc(C23CCC(OC(=O)c4ncccc4C)=CC2N(C)CC3)cc1OC. The molecule has 2 heterocycles. The fourth-order valence-electron chi connectivity index (χ4n) is 4.81. The van der Waals surface area contributed by atoms with E-state index in [4.69, 9.17) is 14.2 Å². The highest BCUT2D eigenvalue weighted by Gasteiger charge is 2.48. The topological polar surface area (TPSA) is 60.9 Å². The number of aromatic nitrogens is 1. The second kappa shape index (κ2) is 8.11. The summed E-state index contributed by atoms with van der Waals surface area (Å²) in [5.41, 5.74) is 2.38. The highest BCUT2D eigenvalue weighted by atomic mass is 16.5. The van der Waals surface area contributed by atoms with E-state index in [-0.39, 0.29) is 11.5 Å². The monoisotopic (exact) mass is 408 g/mol. The van der Waals surface area contributed by atoms with Crippen LogP contribution in [-0.2, 0) is 10.2 Å². The number of carbonyl (C=O) groups is 1. The molecule has 158 valence electrons. The molecule has 1 aliphatic carbocycles. The number of likely N-dealkylation sites (N-methyl/N-ethyl adjacent to an activating group) is 1. The maximum atomic E-state index is 12.6. The van der Waals surface area contributed by atoms with Crippen LogP contribution in [0.25, 0.3) is 0 Å². The van der Waals surface area contributed by atoms with Crippen LogP contribution in [0, 0.1) is 6.92 Å². The summed E-state index contributed by atoms with van der Waals surface area (Å²) in [7, 11) is 5.43. The van der Waals surface area contributed by atoms with E-state index < -0.39 is 5.97 Å². The van der Waals surface area contributed by atoms with Gasteiger partial charge in [-0.25, -0.2) is 9.78 Å². The summed E-state index contributed by atoms with van der Waals surface area (Å²) >= 11 is 0. The van der Waals surface area contributed by atoms with Crippen molar-refractivity contribution >= 4 is 5.97 Å². The van der Waals surface area contributed by atoms with E-state index in [0.29, 0.717) is 12.1 Å². The lowest BCUT2D eigenvalue weighted by atomic mass is 9.68. The van der Waals surface area contributed by atoms with Gasteiger partial charge in [0.2, 0.25) is 0 Å². The molecule has 30 heavy (non-hydrogen) atoms. The second-order valence-corrected chi connectivity index (χ2v) is 8.09. The molecule has 0 radical (unpaired) electrons. The Balaban J connectivity index is 1.63. The predicted molar refractivity (Wildman–Crippen MR) is 114 cm³/mol. The van der Waals surface area contributed by atoms with Crippen molar-refractivity contribution in [3.05, 3.63) is 65.2 Å². The maximum absolute atomic E-state index is 12.6. The number of aryl methyl sites for hydroxylation is 1. The zero-order chi connectivity index (χ0) is 21.3. The standard InChI is InChI=1S/C24H28N2O4/c1-16-6-5-12-25-22(16)23(27)30-18-9-10-24(11-13-26(2)21(24)15-18)17-7-8-19(28-3)20(14-17)29-4/h5-8,12,14-15,21H,9-11,13H2,1-4H3. The Morgan fingerprint density at radius 3 is 2.70 bits per heavy atom. The molecule has 1 fully saturated rings. The Labute approximate surface area is 177 Å². The van der Waals surface area contributed by atoms with Crippen molar-refractivity contribution in [3.8, 4) is 11.5 Å². The zero-order valence-electron chi connectivity index (χ0n) is 18.0. The van der Waals surface area contributed by atoms with Gasteiger partial charge >= 0.3 is 5.97 Å². The van der Waals surface area contributed by atoms with Gasteiger partial charge in [-0.15, -0.1) is 0 Å². The van der Waals surface area contributed by atoms with Crippen LogP contribution < -0.4 is 9.47 Å². The number of methoxy groups -OCH3 is 2. The summed E-state index contributed by atoms with van der Waals surface area (Å²) in [6.45, 7) is 2.85. The summed E-state index contributed by atoms with van der Waals surface area (Å²) in [5.74, 6) is 1.80. The molecule has 2 atom stereocenters. The van der Waals surface area contributed by atoms with Gasteiger partial charge in [-0.05, 0) is 68.8 Å². The van der Waals surface area contributed by atoms with Crippen LogP contribution in [0.5, 0.6) is 11.5 Å². The quantitative estimate of drug-likeness (QED) is 0.700. The minimum Gasteiger partial charge on any atom is -0.493 e. The summed E-state index contributed by atoms with van der Waals surface area (Å²) in [5, 5.41) is 0. The van der Waals surface area contributed by atoms with Crippen molar-refractivity contribution < 1.29 is 19.0 Å². The molecule has 2 unspecified atom stereocenters. The lowest BCUT2D eigenvalue weighted by Gasteiger charge is -2.40. The number of esters is 1. The molecule has 2 aliphatic rings. The van der Waals surface area contributed by atoms with Gasteiger partial charge in [0.05, 0.1) is 14.2 Å². The van der Waals surface area contributed by atoms with Gasteiger partial charge in [0, 0.05) is 24.1 Å². The predicted octanol–water partition coefficient (Wildman–Crippen LogP) is 3.88. The van der Waals surface area contributed by atoms with Crippen LogP contribution >= 0.6 is 0 Å². The fourth-order valence-corrected chi connectivity index (χ4v) is 4.81. The van der Waals surface area contributed by atoms with Gasteiger partial charge in [0.25, 0.3) is 0 Å². The molecule has 0 saturated carbocycles. The molecular weight excluding hydrogens is 380 g/mol. The number of fused-ring (bicyclic) bond motifs is 1. The fraction of sp³-hybridized carbons (Fsp3) is 0.417. The van der Waals surface area contributed by atoms with Crippen molar-refractivity contribution in [1.29, 1.82) is 0 Å². The number of rotatable bonds is 5. The molecule has 0 amide bonds. The lowest BCUT2D eigenvalue weighted by Crippen LogP contribution is -2.42. The van der Waals surface area contributed by atoms with Gasteiger partial charge in [-0.1, -0.05) is 12.1 Å². The first-order chi connectivity index (χ1) is 14.5. The molecule has 1 aliphatic heterocycles. The smallest absolute Gasteiger partial charge is 0.362 e. The maximum Gasteiger partial charge on any atom is 0.362 e. The largest absolute Gasteiger partial charge is 0.493 e. The second-order valence-electron chi connectivity index (χ2n) is 8.09. The number of pyridine rings is 1. The molecule has 6 nitrogen and oxygen atoms in total. The van der Waals surface area contributed by atoms with Crippen LogP contribution in [0.2, 0.25) is 0 Å². The average molecular weight is 408 g/mol. The third-order valence-electron chi connectivity index (χ3n) is 6.50. The molecular formula is C24H28N2O4. The van der Waals surface area contributed by atoms with Gasteiger partial charge in [0.15, 0.2) is 17.2 Å². The minimum atomic E-state index is -0.390. The van der Waals surface area contributed by atoms with Crippen LogP contribution in [0.4, 0.5) is 0 Å². The third kappa shape index (κ3) is 3.45. The molecule has 1 saturated heterocycles. The number of allylic oxidation sites excluding steroid dienone is 1. The van der Waals surface area contributed by atoms with Crippen LogP contribution in [0.3, 0.4) is 0 Å². The summed E-state index contributed by atoms with van der Waals surface area (Å²) in [6.07, 6.45) is 6.38. The number of likely N-dealkylation sites (tertiary alicyclic amines) is 1.